The molecule has 0 amide bonds. The first-order valence-corrected chi connectivity index (χ1v) is 8.34. The third kappa shape index (κ3) is 2.93. The molecule has 3 atom stereocenters. The molecule has 1 aromatic carbocycles. The van der Waals surface area contributed by atoms with Gasteiger partial charge in [0, 0.05) is 6.42 Å². The summed E-state index contributed by atoms with van der Waals surface area (Å²) >= 11 is 0. The molecule has 0 radical (unpaired) electrons. The Bertz CT molecular complexity index is 927. The summed E-state index contributed by atoms with van der Waals surface area (Å²) in [5.41, 5.74) is 2.58. The first kappa shape index (κ1) is 16.6. The maximum Gasteiger partial charge on any atom is 0.338 e. The SMILES string of the molecule is Cc1ncnc2c1ncn2[C@H]1CC(OC(=O)c2ccccc2)[C@@H](CO)O1. The molecular formula is C18H18N4O4. The molecule has 0 aliphatic carbocycles. The normalized spacial score (nSPS) is 22.6. The van der Waals surface area contributed by atoms with Gasteiger partial charge in [0.25, 0.3) is 0 Å². The molecule has 1 aliphatic rings. The first-order chi connectivity index (χ1) is 12.7. The number of carbonyl (C=O) groups is 1. The maximum absolute atomic E-state index is 12.3. The van der Waals surface area contributed by atoms with E-state index in [1.165, 1.54) is 6.33 Å². The van der Waals surface area contributed by atoms with E-state index in [0.29, 0.717) is 23.1 Å². The molecule has 1 aliphatic heterocycles. The van der Waals surface area contributed by atoms with Gasteiger partial charge in [0.1, 0.15) is 30.3 Å². The predicted octanol–water partition coefficient (Wildman–Crippen LogP) is 1.64. The highest BCUT2D eigenvalue weighted by Gasteiger charge is 2.39. The van der Waals surface area contributed by atoms with Gasteiger partial charge in [0.05, 0.1) is 24.2 Å². The lowest BCUT2D eigenvalue weighted by atomic mass is 10.1. The number of aliphatic hydroxyl groups is 1. The van der Waals surface area contributed by atoms with Crippen LogP contribution >= 0.6 is 0 Å². The molecule has 1 fully saturated rings. The number of aliphatic hydroxyl groups excluding tert-OH is 1. The first-order valence-electron chi connectivity index (χ1n) is 8.34. The number of nitrogens with zero attached hydrogens (tertiary/aromatic N) is 4. The van der Waals surface area contributed by atoms with E-state index in [-0.39, 0.29) is 6.61 Å². The average Bonchev–Trinajstić information content (AvgIpc) is 3.27. The number of ether oxygens (including phenoxy) is 2. The van der Waals surface area contributed by atoms with Crippen molar-refractivity contribution >= 4 is 17.1 Å². The summed E-state index contributed by atoms with van der Waals surface area (Å²) in [6, 6.07) is 8.75. The highest BCUT2D eigenvalue weighted by molar-refractivity contribution is 5.89. The summed E-state index contributed by atoms with van der Waals surface area (Å²) in [5.74, 6) is -0.438. The van der Waals surface area contributed by atoms with Gasteiger partial charge in [0.15, 0.2) is 5.65 Å². The molecular weight excluding hydrogens is 336 g/mol. The quantitative estimate of drug-likeness (QED) is 0.711. The topological polar surface area (TPSA) is 99.4 Å². The van der Waals surface area contributed by atoms with E-state index in [1.807, 2.05) is 13.0 Å². The fourth-order valence-electron chi connectivity index (χ4n) is 3.12. The van der Waals surface area contributed by atoms with Gasteiger partial charge in [0.2, 0.25) is 0 Å². The van der Waals surface area contributed by atoms with Crippen LogP contribution in [0.3, 0.4) is 0 Å². The molecule has 1 saturated heterocycles. The van der Waals surface area contributed by atoms with Crippen molar-refractivity contribution in [3.63, 3.8) is 0 Å². The van der Waals surface area contributed by atoms with Gasteiger partial charge in [-0.15, -0.1) is 0 Å². The number of hydrogen-bond donors (Lipinski definition) is 1. The van der Waals surface area contributed by atoms with Crippen molar-refractivity contribution in [1.29, 1.82) is 0 Å². The van der Waals surface area contributed by atoms with Crippen LogP contribution in [0.15, 0.2) is 43.0 Å². The Morgan fingerprint density at radius 1 is 1.31 bits per heavy atom. The smallest absolute Gasteiger partial charge is 0.338 e. The van der Waals surface area contributed by atoms with E-state index in [1.54, 1.807) is 35.2 Å². The molecule has 8 nitrogen and oxygen atoms in total. The minimum Gasteiger partial charge on any atom is -0.456 e. The number of benzene rings is 1. The number of esters is 1. The summed E-state index contributed by atoms with van der Waals surface area (Å²) in [6.07, 6.45) is 1.91. The number of fused-ring (bicyclic) bond motifs is 1. The van der Waals surface area contributed by atoms with Crippen molar-refractivity contribution in [3.05, 3.63) is 54.2 Å². The highest BCUT2D eigenvalue weighted by Crippen LogP contribution is 2.33. The van der Waals surface area contributed by atoms with Gasteiger partial charge in [-0.3, -0.25) is 4.57 Å². The molecule has 3 aromatic rings. The molecule has 1 N–H and O–H groups in total. The van der Waals surface area contributed by atoms with Crippen LogP contribution in [0.2, 0.25) is 0 Å². The fraction of sp³-hybridized carbons (Fsp3) is 0.333. The standard InChI is InChI=1S/C18H18N4O4/c1-11-16-17(20-9-19-11)22(10-21-16)15-7-13(14(8-23)25-15)26-18(24)12-5-3-2-4-6-12/h2-6,9-10,13-15,23H,7-8H2,1H3/t13?,14-,15-/m1/s1. The summed E-state index contributed by atoms with van der Waals surface area (Å²) in [4.78, 5) is 25.0. The fourth-order valence-corrected chi connectivity index (χ4v) is 3.12. The van der Waals surface area contributed by atoms with Gasteiger partial charge in [-0.25, -0.2) is 19.7 Å². The van der Waals surface area contributed by atoms with Gasteiger partial charge in [-0.05, 0) is 19.1 Å². The zero-order valence-corrected chi connectivity index (χ0v) is 14.1. The van der Waals surface area contributed by atoms with Crippen LogP contribution in [0.5, 0.6) is 0 Å². The molecule has 134 valence electrons. The van der Waals surface area contributed by atoms with Crippen LogP contribution < -0.4 is 0 Å². The summed E-state index contributed by atoms with van der Waals surface area (Å²) in [7, 11) is 0. The van der Waals surface area contributed by atoms with Gasteiger partial charge < -0.3 is 14.6 Å². The van der Waals surface area contributed by atoms with E-state index in [0.717, 1.165) is 5.69 Å². The Hall–Kier alpha value is -2.84. The van der Waals surface area contributed by atoms with Crippen molar-refractivity contribution in [2.75, 3.05) is 6.61 Å². The Morgan fingerprint density at radius 3 is 2.88 bits per heavy atom. The van der Waals surface area contributed by atoms with Crippen LogP contribution in [-0.4, -0.2) is 49.4 Å². The summed E-state index contributed by atoms with van der Waals surface area (Å²) in [6.45, 7) is 1.61. The van der Waals surface area contributed by atoms with Crippen molar-refractivity contribution in [1.82, 2.24) is 19.5 Å². The zero-order valence-electron chi connectivity index (χ0n) is 14.1. The molecule has 0 spiro atoms. The molecule has 1 unspecified atom stereocenters. The van der Waals surface area contributed by atoms with E-state index in [9.17, 15) is 9.90 Å². The Labute approximate surface area is 149 Å². The Balaban J connectivity index is 1.55. The number of hydrogen-bond acceptors (Lipinski definition) is 7. The molecule has 4 rings (SSSR count). The monoisotopic (exact) mass is 354 g/mol. The number of aromatic nitrogens is 4. The third-order valence-corrected chi connectivity index (χ3v) is 4.48. The van der Waals surface area contributed by atoms with Crippen molar-refractivity contribution in [2.45, 2.75) is 31.8 Å². The van der Waals surface area contributed by atoms with Crippen molar-refractivity contribution in [3.8, 4) is 0 Å². The number of carbonyl (C=O) groups excluding carboxylic acids is 1. The lowest BCUT2D eigenvalue weighted by Gasteiger charge is -2.16. The van der Waals surface area contributed by atoms with Crippen molar-refractivity contribution in [2.24, 2.45) is 0 Å². The van der Waals surface area contributed by atoms with Crippen molar-refractivity contribution < 1.29 is 19.4 Å². The lowest BCUT2D eigenvalue weighted by Crippen LogP contribution is -2.30. The second kappa shape index (κ2) is 6.81. The highest BCUT2D eigenvalue weighted by atomic mass is 16.6. The second-order valence-electron chi connectivity index (χ2n) is 6.14. The van der Waals surface area contributed by atoms with Crippen LogP contribution in [0.25, 0.3) is 11.2 Å². The maximum atomic E-state index is 12.3. The summed E-state index contributed by atoms with van der Waals surface area (Å²) < 4.78 is 13.2. The number of imidazole rings is 1. The van der Waals surface area contributed by atoms with Crippen LogP contribution in [0.1, 0.15) is 28.7 Å². The largest absolute Gasteiger partial charge is 0.456 e. The van der Waals surface area contributed by atoms with E-state index >= 15 is 0 Å². The van der Waals surface area contributed by atoms with Crippen LogP contribution in [0, 0.1) is 6.92 Å². The van der Waals surface area contributed by atoms with Gasteiger partial charge >= 0.3 is 5.97 Å². The zero-order chi connectivity index (χ0) is 18.1. The van der Waals surface area contributed by atoms with E-state index in [4.69, 9.17) is 9.47 Å². The molecule has 3 heterocycles. The van der Waals surface area contributed by atoms with Gasteiger partial charge in [-0.2, -0.15) is 0 Å². The molecule has 0 bridgehead atoms. The average molecular weight is 354 g/mol. The number of aryl methyl sites for hydroxylation is 1. The number of rotatable bonds is 4. The minimum atomic E-state index is -0.604. The predicted molar refractivity (Wildman–Crippen MR) is 91.3 cm³/mol. The Kier molecular flexibility index (Phi) is 4.36. The Morgan fingerprint density at radius 2 is 2.12 bits per heavy atom. The van der Waals surface area contributed by atoms with Gasteiger partial charge in [-0.1, -0.05) is 18.2 Å². The molecule has 8 heteroatoms. The minimum absolute atomic E-state index is 0.246. The van der Waals surface area contributed by atoms with Crippen LogP contribution in [0.4, 0.5) is 0 Å². The molecule has 26 heavy (non-hydrogen) atoms. The molecule has 0 saturated carbocycles. The van der Waals surface area contributed by atoms with E-state index < -0.39 is 24.4 Å². The van der Waals surface area contributed by atoms with E-state index in [2.05, 4.69) is 15.0 Å². The second-order valence-corrected chi connectivity index (χ2v) is 6.14. The third-order valence-electron chi connectivity index (χ3n) is 4.48. The molecule has 2 aromatic heterocycles. The summed E-state index contributed by atoms with van der Waals surface area (Å²) in [5, 5.41) is 9.63. The lowest BCUT2D eigenvalue weighted by molar-refractivity contribution is -0.0500. The van der Waals surface area contributed by atoms with Crippen LogP contribution in [-0.2, 0) is 9.47 Å².